The first-order chi connectivity index (χ1) is 12.5. The van der Waals surface area contributed by atoms with Crippen molar-refractivity contribution in [2.75, 3.05) is 44.6 Å². The monoisotopic (exact) mass is 360 g/mol. The number of hydrogen-bond acceptors (Lipinski definition) is 4. The molecule has 0 radical (unpaired) electrons. The highest BCUT2D eigenvalue weighted by molar-refractivity contribution is 5.97. The second kappa shape index (κ2) is 9.91. The summed E-state index contributed by atoms with van der Waals surface area (Å²) in [6.07, 6.45) is 1.15. The van der Waals surface area contributed by atoms with Crippen molar-refractivity contribution >= 4 is 23.4 Å². The van der Waals surface area contributed by atoms with E-state index in [4.69, 9.17) is 0 Å². The first-order valence-electron chi connectivity index (χ1n) is 9.16. The van der Waals surface area contributed by atoms with E-state index in [0.29, 0.717) is 30.8 Å². The lowest BCUT2D eigenvalue weighted by atomic mass is 10.1. The highest BCUT2D eigenvalue weighted by atomic mass is 16.2. The third kappa shape index (κ3) is 5.84. The van der Waals surface area contributed by atoms with Crippen LogP contribution in [0.3, 0.4) is 0 Å². The zero-order chi connectivity index (χ0) is 18.9. The average molecular weight is 360 g/mol. The molecule has 0 aliphatic carbocycles. The van der Waals surface area contributed by atoms with E-state index in [1.165, 1.54) is 6.92 Å². The maximum absolute atomic E-state index is 12.8. The van der Waals surface area contributed by atoms with Gasteiger partial charge < -0.3 is 20.4 Å². The summed E-state index contributed by atoms with van der Waals surface area (Å²) in [7, 11) is 0. The molecule has 26 heavy (non-hydrogen) atoms. The molecule has 2 rings (SSSR count). The largest absolute Gasteiger partial charge is 0.340 e. The minimum absolute atomic E-state index is 0.0902. The van der Waals surface area contributed by atoms with Gasteiger partial charge in [-0.25, -0.2) is 0 Å². The molecule has 7 heteroatoms. The van der Waals surface area contributed by atoms with E-state index in [-0.39, 0.29) is 17.7 Å². The standard InChI is InChI=1S/C19H28N4O3/c1-3-10-23(11-7-18(25)22-12-8-20-9-13-22)19(26)16-5-4-6-17(14-16)21-15(2)24/h4-6,14,20H,3,7-13H2,1-2H3,(H,21,24). The van der Waals surface area contributed by atoms with E-state index in [1.54, 1.807) is 29.2 Å². The number of amides is 3. The normalized spacial score (nSPS) is 14.0. The lowest BCUT2D eigenvalue weighted by molar-refractivity contribution is -0.132. The van der Waals surface area contributed by atoms with Crippen LogP contribution in [0.1, 0.15) is 37.0 Å². The highest BCUT2D eigenvalue weighted by Crippen LogP contribution is 2.14. The smallest absolute Gasteiger partial charge is 0.253 e. The zero-order valence-electron chi connectivity index (χ0n) is 15.6. The molecule has 2 N–H and O–H groups in total. The Hall–Kier alpha value is -2.41. The second-order valence-electron chi connectivity index (χ2n) is 6.43. The summed E-state index contributed by atoms with van der Waals surface area (Å²) >= 11 is 0. The number of benzene rings is 1. The van der Waals surface area contributed by atoms with Gasteiger partial charge in [0.25, 0.3) is 5.91 Å². The Balaban J connectivity index is 2.00. The van der Waals surface area contributed by atoms with Gasteiger partial charge in [-0.2, -0.15) is 0 Å². The maximum atomic E-state index is 12.8. The number of anilines is 1. The molecule has 3 amide bonds. The molecule has 1 aliphatic heterocycles. The van der Waals surface area contributed by atoms with Crippen LogP contribution in [0.4, 0.5) is 5.69 Å². The first-order valence-corrected chi connectivity index (χ1v) is 9.16. The Morgan fingerprint density at radius 1 is 1.19 bits per heavy atom. The lowest BCUT2D eigenvalue weighted by Crippen LogP contribution is -2.47. The summed E-state index contributed by atoms with van der Waals surface area (Å²) in [6.45, 7) is 7.51. The van der Waals surface area contributed by atoms with Gasteiger partial charge in [0.15, 0.2) is 0 Å². The van der Waals surface area contributed by atoms with E-state index in [2.05, 4.69) is 10.6 Å². The van der Waals surface area contributed by atoms with Gasteiger partial charge in [-0.1, -0.05) is 13.0 Å². The van der Waals surface area contributed by atoms with Crippen LogP contribution in [0.15, 0.2) is 24.3 Å². The van der Waals surface area contributed by atoms with E-state index in [1.807, 2.05) is 11.8 Å². The summed E-state index contributed by atoms with van der Waals surface area (Å²) in [5.41, 5.74) is 1.11. The van der Waals surface area contributed by atoms with Crippen LogP contribution in [0.5, 0.6) is 0 Å². The molecule has 0 unspecified atom stereocenters. The molecule has 1 aromatic carbocycles. The molecule has 1 fully saturated rings. The molecule has 0 spiro atoms. The summed E-state index contributed by atoms with van der Waals surface area (Å²) in [6, 6.07) is 6.89. The third-order valence-corrected chi connectivity index (χ3v) is 4.28. The summed E-state index contributed by atoms with van der Waals surface area (Å²) in [5.74, 6) is -0.207. The fourth-order valence-corrected chi connectivity index (χ4v) is 3.00. The first kappa shape index (κ1) is 19.9. The Labute approximate surface area is 154 Å². The van der Waals surface area contributed by atoms with Gasteiger partial charge in [-0.05, 0) is 24.6 Å². The minimum Gasteiger partial charge on any atom is -0.340 e. The van der Waals surface area contributed by atoms with Crippen LogP contribution < -0.4 is 10.6 Å². The minimum atomic E-state index is -0.179. The number of rotatable bonds is 7. The quantitative estimate of drug-likeness (QED) is 0.768. The maximum Gasteiger partial charge on any atom is 0.253 e. The zero-order valence-corrected chi connectivity index (χ0v) is 15.6. The van der Waals surface area contributed by atoms with Gasteiger partial charge in [0.2, 0.25) is 11.8 Å². The van der Waals surface area contributed by atoms with Gasteiger partial charge in [0, 0.05) is 63.9 Å². The molecule has 7 nitrogen and oxygen atoms in total. The van der Waals surface area contributed by atoms with Crippen molar-refractivity contribution in [1.29, 1.82) is 0 Å². The molecule has 1 aromatic rings. The number of nitrogens with zero attached hydrogens (tertiary/aromatic N) is 2. The molecule has 1 saturated heterocycles. The predicted molar refractivity (Wildman–Crippen MR) is 101 cm³/mol. The Kier molecular flexibility index (Phi) is 7.59. The highest BCUT2D eigenvalue weighted by Gasteiger charge is 2.20. The molecule has 142 valence electrons. The van der Waals surface area contributed by atoms with Crippen molar-refractivity contribution in [2.24, 2.45) is 0 Å². The molecular weight excluding hydrogens is 332 g/mol. The van der Waals surface area contributed by atoms with Crippen LogP contribution in [-0.2, 0) is 9.59 Å². The van der Waals surface area contributed by atoms with Gasteiger partial charge in [0.1, 0.15) is 0 Å². The lowest BCUT2D eigenvalue weighted by Gasteiger charge is -2.29. The number of hydrogen-bond donors (Lipinski definition) is 2. The van der Waals surface area contributed by atoms with Crippen molar-refractivity contribution in [3.05, 3.63) is 29.8 Å². The van der Waals surface area contributed by atoms with E-state index < -0.39 is 0 Å². The molecule has 1 heterocycles. The third-order valence-electron chi connectivity index (χ3n) is 4.28. The second-order valence-corrected chi connectivity index (χ2v) is 6.43. The van der Waals surface area contributed by atoms with E-state index >= 15 is 0 Å². The number of piperazine rings is 1. The van der Waals surface area contributed by atoms with Gasteiger partial charge in [-0.15, -0.1) is 0 Å². The van der Waals surface area contributed by atoms with Crippen LogP contribution >= 0.6 is 0 Å². The van der Waals surface area contributed by atoms with Gasteiger partial charge >= 0.3 is 0 Å². The molecule has 0 saturated carbocycles. The van der Waals surface area contributed by atoms with Crippen LogP contribution in [0.25, 0.3) is 0 Å². The van der Waals surface area contributed by atoms with Crippen molar-refractivity contribution < 1.29 is 14.4 Å². The summed E-state index contributed by atoms with van der Waals surface area (Å²) in [5, 5.41) is 5.91. The topological polar surface area (TPSA) is 81.8 Å². The fourth-order valence-electron chi connectivity index (χ4n) is 3.00. The Morgan fingerprint density at radius 2 is 1.92 bits per heavy atom. The SMILES string of the molecule is CCCN(CCC(=O)N1CCNCC1)C(=O)c1cccc(NC(C)=O)c1. The molecule has 0 bridgehead atoms. The summed E-state index contributed by atoms with van der Waals surface area (Å²) < 4.78 is 0. The van der Waals surface area contributed by atoms with E-state index in [9.17, 15) is 14.4 Å². The molecular formula is C19H28N4O3. The van der Waals surface area contributed by atoms with Crippen molar-refractivity contribution in [2.45, 2.75) is 26.7 Å². The van der Waals surface area contributed by atoms with Crippen molar-refractivity contribution in [3.8, 4) is 0 Å². The fraction of sp³-hybridized carbons (Fsp3) is 0.526. The number of carbonyl (C=O) groups excluding carboxylic acids is 3. The molecule has 0 aromatic heterocycles. The van der Waals surface area contributed by atoms with E-state index in [0.717, 1.165) is 32.6 Å². The number of carbonyl (C=O) groups is 3. The summed E-state index contributed by atoms with van der Waals surface area (Å²) in [4.78, 5) is 40.0. The predicted octanol–water partition coefficient (Wildman–Crippen LogP) is 1.32. The van der Waals surface area contributed by atoms with Gasteiger partial charge in [-0.3, -0.25) is 14.4 Å². The van der Waals surface area contributed by atoms with Crippen LogP contribution in [-0.4, -0.2) is 66.8 Å². The molecule has 0 atom stereocenters. The Bertz CT molecular complexity index is 641. The van der Waals surface area contributed by atoms with Crippen molar-refractivity contribution in [1.82, 2.24) is 15.1 Å². The van der Waals surface area contributed by atoms with Crippen LogP contribution in [0, 0.1) is 0 Å². The average Bonchev–Trinajstić information content (AvgIpc) is 2.64. The Morgan fingerprint density at radius 3 is 2.58 bits per heavy atom. The number of nitrogens with one attached hydrogen (secondary N) is 2. The van der Waals surface area contributed by atoms with Crippen molar-refractivity contribution in [3.63, 3.8) is 0 Å². The molecule has 1 aliphatic rings. The van der Waals surface area contributed by atoms with Gasteiger partial charge in [0.05, 0.1) is 0 Å². The van der Waals surface area contributed by atoms with Crippen LogP contribution in [0.2, 0.25) is 0 Å².